The molecule has 2 heterocycles. The number of thiophene rings is 1. The van der Waals surface area contributed by atoms with E-state index >= 15 is 0 Å². The third-order valence-electron chi connectivity index (χ3n) is 2.15. The Morgan fingerprint density at radius 3 is 2.76 bits per heavy atom. The second-order valence-corrected chi connectivity index (χ2v) is 6.03. The number of hydrogen-bond donors (Lipinski definition) is 0. The van der Waals surface area contributed by atoms with Crippen LogP contribution in [0.5, 0.6) is 0 Å². The average molecular weight is 333 g/mol. The molecule has 0 aliphatic rings. The summed E-state index contributed by atoms with van der Waals surface area (Å²) in [6, 6.07) is 2.13. The van der Waals surface area contributed by atoms with E-state index < -0.39 is 0 Å². The maximum Gasteiger partial charge on any atom is 0.147 e. The molecule has 90 valence electrons. The Balaban J connectivity index is 1.93. The summed E-state index contributed by atoms with van der Waals surface area (Å²) in [5, 5.41) is 2.52. The Kier molecular flexibility index (Phi) is 4.50. The number of rotatable bonds is 4. The van der Waals surface area contributed by atoms with Gasteiger partial charge in [-0.3, -0.25) is 9.88 Å². The predicted molar refractivity (Wildman–Crippen MR) is 74.2 cm³/mol. The molecule has 0 saturated carbocycles. The standard InChI is InChI=1S/C11H11BrClN3S/c1-16(6-10-2-8(12)7-17-10)5-9-3-15-11(13)4-14-9/h2-4,7H,5-6H2,1H3. The van der Waals surface area contributed by atoms with Gasteiger partial charge >= 0.3 is 0 Å². The number of aromatic nitrogens is 2. The second kappa shape index (κ2) is 5.91. The summed E-state index contributed by atoms with van der Waals surface area (Å²) in [7, 11) is 2.06. The fourth-order valence-electron chi connectivity index (χ4n) is 1.46. The highest BCUT2D eigenvalue weighted by atomic mass is 79.9. The molecule has 3 nitrogen and oxygen atoms in total. The molecule has 2 rings (SSSR count). The van der Waals surface area contributed by atoms with E-state index in [9.17, 15) is 0 Å². The van der Waals surface area contributed by atoms with E-state index in [1.54, 1.807) is 23.7 Å². The van der Waals surface area contributed by atoms with Crippen molar-refractivity contribution in [3.05, 3.63) is 44.0 Å². The van der Waals surface area contributed by atoms with Crippen LogP contribution in [0.3, 0.4) is 0 Å². The van der Waals surface area contributed by atoms with Crippen molar-refractivity contribution in [3.8, 4) is 0 Å². The van der Waals surface area contributed by atoms with Gasteiger partial charge in [0.1, 0.15) is 5.15 Å². The molecule has 0 spiro atoms. The largest absolute Gasteiger partial charge is 0.295 e. The molecule has 0 aromatic carbocycles. The smallest absolute Gasteiger partial charge is 0.147 e. The number of hydrogen-bond acceptors (Lipinski definition) is 4. The van der Waals surface area contributed by atoms with E-state index in [1.807, 2.05) is 0 Å². The fourth-order valence-corrected chi connectivity index (χ4v) is 3.08. The van der Waals surface area contributed by atoms with Gasteiger partial charge in [0, 0.05) is 27.8 Å². The van der Waals surface area contributed by atoms with Crippen LogP contribution in [-0.4, -0.2) is 21.9 Å². The summed E-state index contributed by atoms with van der Waals surface area (Å²) in [4.78, 5) is 11.7. The number of nitrogens with zero attached hydrogens (tertiary/aromatic N) is 3. The lowest BCUT2D eigenvalue weighted by Crippen LogP contribution is -2.17. The van der Waals surface area contributed by atoms with Gasteiger partial charge in [0.05, 0.1) is 18.1 Å². The molecule has 0 saturated heterocycles. The van der Waals surface area contributed by atoms with E-state index in [-0.39, 0.29) is 0 Å². The molecule has 0 atom stereocenters. The normalized spacial score (nSPS) is 11.1. The first-order valence-electron chi connectivity index (χ1n) is 5.01. The van der Waals surface area contributed by atoms with Crippen molar-refractivity contribution in [1.82, 2.24) is 14.9 Å². The predicted octanol–water partition coefficient (Wildman–Crippen LogP) is 3.59. The zero-order valence-electron chi connectivity index (χ0n) is 9.23. The topological polar surface area (TPSA) is 29.0 Å². The van der Waals surface area contributed by atoms with Crippen molar-refractivity contribution >= 4 is 38.9 Å². The maximum atomic E-state index is 5.69. The van der Waals surface area contributed by atoms with Gasteiger partial charge in [-0.05, 0) is 29.0 Å². The molecular formula is C11H11BrClN3S. The Hall–Kier alpha value is -0.490. The lowest BCUT2D eigenvalue weighted by molar-refractivity contribution is 0.317. The van der Waals surface area contributed by atoms with Crippen molar-refractivity contribution in [2.75, 3.05) is 7.05 Å². The molecule has 0 aliphatic heterocycles. The number of halogens is 2. The van der Waals surface area contributed by atoms with E-state index in [2.05, 4.69) is 49.3 Å². The molecular weight excluding hydrogens is 322 g/mol. The highest BCUT2D eigenvalue weighted by Crippen LogP contribution is 2.21. The lowest BCUT2D eigenvalue weighted by atomic mass is 10.4. The first-order chi connectivity index (χ1) is 8.13. The molecule has 2 aromatic heterocycles. The van der Waals surface area contributed by atoms with Crippen molar-refractivity contribution < 1.29 is 0 Å². The van der Waals surface area contributed by atoms with Gasteiger partial charge in [-0.2, -0.15) is 0 Å². The SMILES string of the molecule is CN(Cc1cnc(Cl)cn1)Cc1cc(Br)cs1. The summed E-state index contributed by atoms with van der Waals surface area (Å²) in [5.74, 6) is 0. The summed E-state index contributed by atoms with van der Waals surface area (Å²) in [6.07, 6.45) is 3.29. The summed E-state index contributed by atoms with van der Waals surface area (Å²) in [5.41, 5.74) is 0.924. The summed E-state index contributed by atoms with van der Waals surface area (Å²) >= 11 is 10.9. The fraction of sp³-hybridized carbons (Fsp3) is 0.273. The van der Waals surface area contributed by atoms with Crippen LogP contribution in [0.4, 0.5) is 0 Å². The van der Waals surface area contributed by atoms with Gasteiger partial charge in [0.15, 0.2) is 0 Å². The molecule has 0 fully saturated rings. The molecule has 6 heteroatoms. The Morgan fingerprint density at radius 2 is 2.18 bits per heavy atom. The molecule has 17 heavy (non-hydrogen) atoms. The van der Waals surface area contributed by atoms with Crippen LogP contribution in [0.2, 0.25) is 5.15 Å². The third kappa shape index (κ3) is 4.03. The Morgan fingerprint density at radius 1 is 1.35 bits per heavy atom. The van der Waals surface area contributed by atoms with Crippen LogP contribution in [0.25, 0.3) is 0 Å². The minimum Gasteiger partial charge on any atom is -0.295 e. The zero-order valence-corrected chi connectivity index (χ0v) is 12.4. The Bertz CT molecular complexity index is 486. The zero-order chi connectivity index (χ0) is 12.3. The minimum atomic E-state index is 0.429. The van der Waals surface area contributed by atoms with Crippen LogP contribution in [0.1, 0.15) is 10.6 Å². The van der Waals surface area contributed by atoms with E-state index in [4.69, 9.17) is 11.6 Å². The molecule has 0 bridgehead atoms. The highest BCUT2D eigenvalue weighted by molar-refractivity contribution is 9.10. The highest BCUT2D eigenvalue weighted by Gasteiger charge is 2.05. The maximum absolute atomic E-state index is 5.69. The van der Waals surface area contributed by atoms with Crippen LogP contribution in [0, 0.1) is 0 Å². The molecule has 0 radical (unpaired) electrons. The van der Waals surface area contributed by atoms with Crippen molar-refractivity contribution in [1.29, 1.82) is 0 Å². The first-order valence-corrected chi connectivity index (χ1v) is 7.06. The minimum absolute atomic E-state index is 0.429. The lowest BCUT2D eigenvalue weighted by Gasteiger charge is -2.14. The monoisotopic (exact) mass is 331 g/mol. The van der Waals surface area contributed by atoms with Gasteiger partial charge in [0.25, 0.3) is 0 Å². The van der Waals surface area contributed by atoms with Crippen LogP contribution in [-0.2, 0) is 13.1 Å². The van der Waals surface area contributed by atoms with Crippen molar-refractivity contribution in [3.63, 3.8) is 0 Å². The van der Waals surface area contributed by atoms with Gasteiger partial charge in [-0.25, -0.2) is 4.98 Å². The van der Waals surface area contributed by atoms with Crippen LogP contribution < -0.4 is 0 Å². The summed E-state index contributed by atoms with van der Waals surface area (Å²) in [6.45, 7) is 1.67. The van der Waals surface area contributed by atoms with E-state index in [1.165, 1.54) is 4.88 Å². The third-order valence-corrected chi connectivity index (χ3v) is 4.03. The van der Waals surface area contributed by atoms with Crippen molar-refractivity contribution in [2.24, 2.45) is 0 Å². The molecule has 0 N–H and O–H groups in total. The van der Waals surface area contributed by atoms with Crippen LogP contribution >= 0.6 is 38.9 Å². The Labute approximate surface area is 118 Å². The molecule has 0 unspecified atom stereocenters. The van der Waals surface area contributed by atoms with Gasteiger partial charge in [0.2, 0.25) is 0 Å². The average Bonchev–Trinajstić information content (AvgIpc) is 2.67. The molecule has 0 aliphatic carbocycles. The van der Waals surface area contributed by atoms with Gasteiger partial charge < -0.3 is 0 Å². The van der Waals surface area contributed by atoms with E-state index in [0.717, 1.165) is 23.3 Å². The van der Waals surface area contributed by atoms with Crippen molar-refractivity contribution in [2.45, 2.75) is 13.1 Å². The second-order valence-electron chi connectivity index (χ2n) is 3.73. The van der Waals surface area contributed by atoms with Crippen LogP contribution in [0.15, 0.2) is 28.3 Å². The van der Waals surface area contributed by atoms with Gasteiger partial charge in [-0.1, -0.05) is 11.6 Å². The molecule has 0 amide bonds. The molecule has 2 aromatic rings. The summed E-state index contributed by atoms with van der Waals surface area (Å²) < 4.78 is 1.14. The first kappa shape index (κ1) is 13.0. The quantitative estimate of drug-likeness (QED) is 0.857. The van der Waals surface area contributed by atoms with Gasteiger partial charge in [-0.15, -0.1) is 11.3 Å². The van der Waals surface area contributed by atoms with E-state index in [0.29, 0.717) is 5.15 Å².